The molecule has 2 fully saturated rings. The van der Waals surface area contributed by atoms with E-state index in [4.69, 9.17) is 4.52 Å². The Bertz CT molecular complexity index is 701. The van der Waals surface area contributed by atoms with E-state index in [1.165, 1.54) is 12.8 Å². The largest absolute Gasteiger partial charge is 0.347 e. The Morgan fingerprint density at radius 1 is 1.39 bits per heavy atom. The highest BCUT2D eigenvalue weighted by molar-refractivity contribution is 5.93. The number of aromatic nitrogens is 3. The van der Waals surface area contributed by atoms with Crippen LogP contribution in [0.25, 0.3) is 0 Å². The summed E-state index contributed by atoms with van der Waals surface area (Å²) in [4.78, 5) is 19.2. The lowest BCUT2D eigenvalue weighted by atomic mass is 10.1. The monoisotopic (exact) mass is 314 g/mol. The van der Waals surface area contributed by atoms with Gasteiger partial charge >= 0.3 is 0 Å². The first-order valence-electron chi connectivity index (χ1n) is 8.47. The third-order valence-electron chi connectivity index (χ3n) is 4.91. The Morgan fingerprint density at radius 3 is 3.00 bits per heavy atom. The Kier molecular flexibility index (Phi) is 3.67. The molecule has 0 bridgehead atoms. The lowest BCUT2D eigenvalue weighted by Crippen LogP contribution is -2.36. The number of rotatable bonds is 5. The molecule has 2 aromatic heterocycles. The fourth-order valence-corrected chi connectivity index (χ4v) is 3.39. The van der Waals surface area contributed by atoms with Crippen molar-refractivity contribution in [1.29, 1.82) is 0 Å². The van der Waals surface area contributed by atoms with Gasteiger partial charge in [-0.2, -0.15) is 4.98 Å². The molecule has 1 saturated carbocycles. The average molecular weight is 314 g/mol. The second kappa shape index (κ2) is 5.83. The van der Waals surface area contributed by atoms with Gasteiger partial charge in [0, 0.05) is 38.2 Å². The summed E-state index contributed by atoms with van der Waals surface area (Å²) in [5.41, 5.74) is 0.757. The van der Waals surface area contributed by atoms with Crippen molar-refractivity contribution in [3.05, 3.63) is 35.7 Å². The minimum Gasteiger partial charge on any atom is -0.347 e. The minimum absolute atomic E-state index is 0.131. The molecule has 6 heteroatoms. The van der Waals surface area contributed by atoms with Crippen LogP contribution < -0.4 is 0 Å². The molecule has 2 aromatic rings. The number of hydrogen-bond acceptors (Lipinski definition) is 4. The molecule has 1 amide bonds. The summed E-state index contributed by atoms with van der Waals surface area (Å²) in [5, 5.41) is 4.08. The summed E-state index contributed by atoms with van der Waals surface area (Å²) in [6, 6.07) is 4.08. The molecule has 1 aliphatic carbocycles. The number of aryl methyl sites for hydroxylation is 2. The molecule has 0 radical (unpaired) electrons. The molecule has 6 nitrogen and oxygen atoms in total. The molecule has 3 heterocycles. The molecule has 0 aromatic carbocycles. The van der Waals surface area contributed by atoms with Crippen LogP contribution in [0.4, 0.5) is 0 Å². The number of carbonyl (C=O) groups excluding carboxylic acids is 1. The van der Waals surface area contributed by atoms with Gasteiger partial charge in [0.15, 0.2) is 5.82 Å². The van der Waals surface area contributed by atoms with Gasteiger partial charge < -0.3 is 14.0 Å². The maximum atomic E-state index is 12.7. The van der Waals surface area contributed by atoms with Gasteiger partial charge in [0.05, 0.1) is 0 Å². The van der Waals surface area contributed by atoms with Crippen LogP contribution in [0.15, 0.2) is 22.9 Å². The summed E-state index contributed by atoms with van der Waals surface area (Å²) in [5.74, 6) is 2.21. The molecular formula is C17H22N4O2. The molecule has 4 rings (SSSR count). The Balaban J connectivity index is 1.39. The smallest absolute Gasteiger partial charge is 0.270 e. The van der Waals surface area contributed by atoms with Crippen molar-refractivity contribution in [2.24, 2.45) is 7.05 Å². The molecule has 122 valence electrons. The first-order valence-corrected chi connectivity index (χ1v) is 8.47. The highest BCUT2D eigenvalue weighted by Gasteiger charge is 2.32. The van der Waals surface area contributed by atoms with Crippen LogP contribution in [-0.2, 0) is 13.5 Å². The fourth-order valence-electron chi connectivity index (χ4n) is 3.39. The zero-order valence-electron chi connectivity index (χ0n) is 13.4. The van der Waals surface area contributed by atoms with Crippen LogP contribution >= 0.6 is 0 Å². The molecule has 23 heavy (non-hydrogen) atoms. The number of carbonyl (C=O) groups is 1. The highest BCUT2D eigenvalue weighted by atomic mass is 16.5. The molecule has 0 N–H and O–H groups in total. The zero-order valence-corrected chi connectivity index (χ0v) is 13.4. The fraction of sp³-hybridized carbons (Fsp3) is 0.588. The second-order valence-electron chi connectivity index (χ2n) is 6.66. The lowest BCUT2D eigenvalue weighted by molar-refractivity contribution is 0.0720. The van der Waals surface area contributed by atoms with E-state index in [-0.39, 0.29) is 11.9 Å². The molecule has 1 aliphatic heterocycles. The van der Waals surface area contributed by atoms with Gasteiger partial charge in [0.1, 0.15) is 5.69 Å². The molecule has 1 atom stereocenters. The van der Waals surface area contributed by atoms with Crippen LogP contribution in [0.1, 0.15) is 60.2 Å². The average Bonchev–Trinajstić information content (AvgIpc) is 2.97. The normalized spacial score (nSPS) is 21.1. The molecule has 2 aliphatic rings. The summed E-state index contributed by atoms with van der Waals surface area (Å²) in [6.45, 7) is 0.842. The van der Waals surface area contributed by atoms with Crippen molar-refractivity contribution < 1.29 is 9.32 Å². The topological polar surface area (TPSA) is 64.2 Å². The summed E-state index contributed by atoms with van der Waals surface area (Å²) >= 11 is 0. The van der Waals surface area contributed by atoms with Crippen molar-refractivity contribution in [3.63, 3.8) is 0 Å². The third kappa shape index (κ3) is 2.90. The minimum atomic E-state index is 0.131. The van der Waals surface area contributed by atoms with Gasteiger partial charge in [-0.05, 0) is 44.2 Å². The van der Waals surface area contributed by atoms with E-state index in [9.17, 15) is 4.79 Å². The Morgan fingerprint density at radius 2 is 2.26 bits per heavy atom. The number of hydrogen-bond donors (Lipinski definition) is 0. The van der Waals surface area contributed by atoms with E-state index in [1.54, 1.807) is 0 Å². The first kappa shape index (κ1) is 14.5. The predicted octanol–water partition coefficient (Wildman–Crippen LogP) is 2.52. The molecular weight excluding hydrogens is 292 g/mol. The predicted molar refractivity (Wildman–Crippen MR) is 84.1 cm³/mol. The zero-order chi connectivity index (χ0) is 15.8. The van der Waals surface area contributed by atoms with Crippen molar-refractivity contribution in [3.8, 4) is 0 Å². The van der Waals surface area contributed by atoms with E-state index in [2.05, 4.69) is 10.1 Å². The summed E-state index contributed by atoms with van der Waals surface area (Å²) in [6.07, 6.45) is 8.06. The van der Waals surface area contributed by atoms with E-state index in [1.807, 2.05) is 34.8 Å². The van der Waals surface area contributed by atoms with Crippen LogP contribution in [0, 0.1) is 0 Å². The third-order valence-corrected chi connectivity index (χ3v) is 4.91. The Labute approximate surface area is 135 Å². The van der Waals surface area contributed by atoms with Gasteiger partial charge in [-0.3, -0.25) is 4.79 Å². The number of amides is 1. The van der Waals surface area contributed by atoms with Gasteiger partial charge in [-0.25, -0.2) is 0 Å². The number of likely N-dealkylation sites (tertiary alicyclic amines) is 1. The van der Waals surface area contributed by atoms with E-state index >= 15 is 0 Å². The van der Waals surface area contributed by atoms with Crippen molar-refractivity contribution >= 4 is 5.91 Å². The SMILES string of the molecule is Cn1cccc1C(=O)N1CCCC1CCc1noc(C2CC2)n1. The highest BCUT2D eigenvalue weighted by Crippen LogP contribution is 2.38. The van der Waals surface area contributed by atoms with E-state index < -0.39 is 0 Å². The van der Waals surface area contributed by atoms with Crippen LogP contribution in [0.3, 0.4) is 0 Å². The molecule has 0 spiro atoms. The van der Waals surface area contributed by atoms with Gasteiger partial charge in [-0.1, -0.05) is 5.16 Å². The summed E-state index contributed by atoms with van der Waals surface area (Å²) in [7, 11) is 1.91. The summed E-state index contributed by atoms with van der Waals surface area (Å²) < 4.78 is 7.20. The van der Waals surface area contributed by atoms with Crippen LogP contribution in [-0.4, -0.2) is 38.1 Å². The van der Waals surface area contributed by atoms with E-state index in [0.717, 1.165) is 49.6 Å². The molecule has 1 unspecified atom stereocenters. The lowest BCUT2D eigenvalue weighted by Gasteiger charge is -2.24. The van der Waals surface area contributed by atoms with Crippen molar-refractivity contribution in [2.75, 3.05) is 6.54 Å². The maximum absolute atomic E-state index is 12.7. The van der Waals surface area contributed by atoms with Gasteiger partial charge in [0.2, 0.25) is 5.89 Å². The standard InChI is InChI=1S/C17H22N4O2/c1-20-10-3-5-14(20)17(22)21-11-2-4-13(21)8-9-15-18-16(23-19-15)12-6-7-12/h3,5,10,12-13H,2,4,6-9,11H2,1H3. The maximum Gasteiger partial charge on any atom is 0.270 e. The van der Waals surface area contributed by atoms with Crippen molar-refractivity contribution in [1.82, 2.24) is 19.6 Å². The van der Waals surface area contributed by atoms with Crippen LogP contribution in [0.5, 0.6) is 0 Å². The first-order chi connectivity index (χ1) is 11.2. The van der Waals surface area contributed by atoms with Crippen molar-refractivity contribution in [2.45, 2.75) is 50.5 Å². The number of nitrogens with zero attached hydrogens (tertiary/aromatic N) is 4. The van der Waals surface area contributed by atoms with Gasteiger partial charge in [0.25, 0.3) is 5.91 Å². The van der Waals surface area contributed by atoms with E-state index in [0.29, 0.717) is 5.92 Å². The quantitative estimate of drug-likeness (QED) is 0.850. The van der Waals surface area contributed by atoms with Crippen LogP contribution in [0.2, 0.25) is 0 Å². The molecule has 1 saturated heterocycles. The van der Waals surface area contributed by atoms with Gasteiger partial charge in [-0.15, -0.1) is 0 Å². The Hall–Kier alpha value is -2.11. The second-order valence-corrected chi connectivity index (χ2v) is 6.66.